The fourth-order valence-corrected chi connectivity index (χ4v) is 3.32. The van der Waals surface area contributed by atoms with Gasteiger partial charge in [0, 0.05) is 18.5 Å². The predicted octanol–water partition coefficient (Wildman–Crippen LogP) is 2.61. The van der Waals surface area contributed by atoms with Gasteiger partial charge in [-0.1, -0.05) is 6.42 Å². The van der Waals surface area contributed by atoms with Gasteiger partial charge in [-0.2, -0.15) is 13.2 Å². The van der Waals surface area contributed by atoms with Crippen molar-refractivity contribution in [3.05, 3.63) is 0 Å². The van der Waals surface area contributed by atoms with Gasteiger partial charge in [-0.05, 0) is 31.6 Å². The van der Waals surface area contributed by atoms with Gasteiger partial charge in [-0.3, -0.25) is 4.79 Å². The zero-order valence-electron chi connectivity index (χ0n) is 9.41. The van der Waals surface area contributed by atoms with Crippen molar-refractivity contribution in [1.29, 1.82) is 0 Å². The second-order valence-corrected chi connectivity index (χ2v) is 5.05. The second kappa shape index (κ2) is 4.48. The molecule has 2 saturated heterocycles. The summed E-state index contributed by atoms with van der Waals surface area (Å²) in [6.07, 6.45) is -1.66. The molecule has 2 aliphatic rings. The lowest BCUT2D eigenvalue weighted by atomic mass is 9.77. The molecule has 0 saturated carbocycles. The summed E-state index contributed by atoms with van der Waals surface area (Å²) < 4.78 is 38.6. The van der Waals surface area contributed by atoms with Gasteiger partial charge in [0.2, 0.25) is 0 Å². The number of hydrogen-bond acceptors (Lipinski definition) is 2. The van der Waals surface area contributed by atoms with Crippen molar-refractivity contribution < 1.29 is 23.1 Å². The van der Waals surface area contributed by atoms with Crippen LogP contribution in [0.1, 0.15) is 38.5 Å². The highest BCUT2D eigenvalue weighted by Crippen LogP contribution is 2.43. The predicted molar refractivity (Wildman–Crippen MR) is 54.3 cm³/mol. The Morgan fingerprint density at radius 2 is 1.76 bits per heavy atom. The van der Waals surface area contributed by atoms with Crippen molar-refractivity contribution in [1.82, 2.24) is 4.90 Å². The van der Waals surface area contributed by atoms with Crippen LogP contribution in [0.4, 0.5) is 13.2 Å². The number of piperidine rings is 2. The maximum Gasteiger partial charge on any atom is 0.460 e. The molecule has 2 fully saturated rings. The molecule has 98 valence electrons. The number of alkyl halides is 3. The van der Waals surface area contributed by atoms with Crippen molar-refractivity contribution in [2.45, 2.75) is 56.9 Å². The van der Waals surface area contributed by atoms with E-state index in [4.69, 9.17) is 5.11 Å². The fraction of sp³-hybridized carbons (Fsp3) is 0.909. The van der Waals surface area contributed by atoms with E-state index in [9.17, 15) is 18.0 Å². The van der Waals surface area contributed by atoms with Gasteiger partial charge in [-0.15, -0.1) is 0 Å². The van der Waals surface area contributed by atoms with E-state index in [-0.39, 0.29) is 12.3 Å². The van der Waals surface area contributed by atoms with Crippen LogP contribution in [0.15, 0.2) is 0 Å². The van der Waals surface area contributed by atoms with Crippen molar-refractivity contribution in [2.75, 3.05) is 0 Å². The molecule has 0 aromatic heterocycles. The largest absolute Gasteiger partial charge is 0.481 e. The van der Waals surface area contributed by atoms with Crippen LogP contribution in [0.25, 0.3) is 0 Å². The summed E-state index contributed by atoms with van der Waals surface area (Å²) >= 11 is 0. The minimum absolute atomic E-state index is 0.00129. The standard InChI is InChI=1S/C11H16F3NO2/c12-11(13,14)15-8-2-1-3-9(15)5-7(4-8)6-10(16)17/h7-9H,1-6H2,(H,16,17). The fourth-order valence-electron chi connectivity index (χ4n) is 3.32. The summed E-state index contributed by atoms with van der Waals surface area (Å²) in [6, 6.07) is -1.02. The van der Waals surface area contributed by atoms with Crippen molar-refractivity contribution in [2.24, 2.45) is 5.92 Å². The monoisotopic (exact) mass is 251 g/mol. The molecule has 2 bridgehead atoms. The van der Waals surface area contributed by atoms with Crippen LogP contribution in [0.3, 0.4) is 0 Å². The average molecular weight is 251 g/mol. The molecule has 2 atom stereocenters. The zero-order chi connectivity index (χ0) is 12.6. The highest BCUT2D eigenvalue weighted by Gasteiger charge is 2.51. The number of rotatable bonds is 2. The summed E-state index contributed by atoms with van der Waals surface area (Å²) in [7, 11) is 0. The van der Waals surface area contributed by atoms with E-state index < -0.39 is 24.4 Å². The van der Waals surface area contributed by atoms with Crippen LogP contribution in [-0.4, -0.2) is 34.4 Å². The van der Waals surface area contributed by atoms with Crippen LogP contribution in [0, 0.1) is 5.92 Å². The third-order valence-electron chi connectivity index (χ3n) is 3.83. The Morgan fingerprint density at radius 3 is 2.18 bits per heavy atom. The van der Waals surface area contributed by atoms with Gasteiger partial charge in [-0.25, -0.2) is 4.90 Å². The molecule has 0 spiro atoms. The molecule has 0 amide bonds. The first-order chi connectivity index (χ1) is 7.88. The smallest absolute Gasteiger partial charge is 0.460 e. The molecule has 0 radical (unpaired) electrons. The van der Waals surface area contributed by atoms with E-state index in [0.717, 1.165) is 6.42 Å². The van der Waals surface area contributed by atoms with E-state index in [2.05, 4.69) is 0 Å². The minimum atomic E-state index is -4.27. The van der Waals surface area contributed by atoms with E-state index >= 15 is 0 Å². The Labute approximate surface area is 97.6 Å². The summed E-state index contributed by atoms with van der Waals surface area (Å²) in [5.41, 5.74) is 0. The Bertz CT molecular complexity index is 292. The van der Waals surface area contributed by atoms with E-state index in [0.29, 0.717) is 30.6 Å². The number of fused-ring (bicyclic) bond motifs is 2. The topological polar surface area (TPSA) is 40.5 Å². The number of nitrogens with zero attached hydrogens (tertiary/aromatic N) is 1. The molecule has 1 N–H and O–H groups in total. The Morgan fingerprint density at radius 1 is 1.24 bits per heavy atom. The number of carbonyl (C=O) groups is 1. The van der Waals surface area contributed by atoms with Gasteiger partial charge in [0.05, 0.1) is 0 Å². The third kappa shape index (κ3) is 2.73. The molecule has 2 rings (SSSR count). The van der Waals surface area contributed by atoms with E-state index in [1.165, 1.54) is 0 Å². The lowest BCUT2D eigenvalue weighted by Gasteiger charge is -2.48. The van der Waals surface area contributed by atoms with Crippen LogP contribution >= 0.6 is 0 Å². The lowest BCUT2D eigenvalue weighted by Crippen LogP contribution is -2.58. The summed E-state index contributed by atoms with van der Waals surface area (Å²) in [4.78, 5) is 11.3. The molecule has 0 aromatic carbocycles. The number of aliphatic carboxylic acids is 1. The highest BCUT2D eigenvalue weighted by molar-refractivity contribution is 5.67. The molecular formula is C11H16F3NO2. The van der Waals surface area contributed by atoms with Crippen LogP contribution in [0.5, 0.6) is 0 Å². The third-order valence-corrected chi connectivity index (χ3v) is 3.83. The van der Waals surface area contributed by atoms with E-state index in [1.807, 2.05) is 0 Å². The molecule has 17 heavy (non-hydrogen) atoms. The van der Waals surface area contributed by atoms with Gasteiger partial charge in [0.15, 0.2) is 0 Å². The molecule has 2 unspecified atom stereocenters. The molecule has 6 heteroatoms. The number of hydrogen-bond donors (Lipinski definition) is 1. The molecule has 2 aliphatic heterocycles. The lowest BCUT2D eigenvalue weighted by molar-refractivity contribution is -0.289. The Balaban J connectivity index is 2.08. The molecule has 2 heterocycles. The summed E-state index contributed by atoms with van der Waals surface area (Å²) in [6.45, 7) is 0. The normalized spacial score (nSPS) is 34.6. The molecule has 0 aromatic rings. The second-order valence-electron chi connectivity index (χ2n) is 5.05. The molecule has 3 nitrogen and oxygen atoms in total. The number of carboxylic acid groups (broad SMARTS) is 1. The average Bonchev–Trinajstić information content (AvgIpc) is 2.13. The first kappa shape index (κ1) is 12.7. The van der Waals surface area contributed by atoms with Gasteiger partial charge in [0.1, 0.15) is 0 Å². The maximum atomic E-state index is 12.9. The van der Waals surface area contributed by atoms with Crippen molar-refractivity contribution >= 4 is 5.97 Å². The van der Waals surface area contributed by atoms with Crippen molar-refractivity contribution in [3.8, 4) is 0 Å². The number of halogens is 3. The van der Waals surface area contributed by atoms with Gasteiger partial charge in [0.25, 0.3) is 0 Å². The Kier molecular flexibility index (Phi) is 3.34. The zero-order valence-corrected chi connectivity index (χ0v) is 9.41. The maximum absolute atomic E-state index is 12.9. The SMILES string of the molecule is O=C(O)CC1CC2CCCC(C1)N2C(F)(F)F. The Hall–Kier alpha value is -0.780. The summed E-state index contributed by atoms with van der Waals surface area (Å²) in [5.74, 6) is -1.00. The van der Waals surface area contributed by atoms with Crippen LogP contribution in [-0.2, 0) is 4.79 Å². The minimum Gasteiger partial charge on any atom is -0.481 e. The molecule has 0 aliphatic carbocycles. The quantitative estimate of drug-likeness (QED) is 0.767. The van der Waals surface area contributed by atoms with Crippen LogP contribution < -0.4 is 0 Å². The highest BCUT2D eigenvalue weighted by atomic mass is 19.4. The number of carboxylic acids is 1. The van der Waals surface area contributed by atoms with Crippen LogP contribution in [0.2, 0.25) is 0 Å². The molecular weight excluding hydrogens is 235 g/mol. The van der Waals surface area contributed by atoms with Crippen molar-refractivity contribution in [3.63, 3.8) is 0 Å². The first-order valence-electron chi connectivity index (χ1n) is 5.95. The van der Waals surface area contributed by atoms with E-state index in [1.54, 1.807) is 0 Å². The van der Waals surface area contributed by atoms with Gasteiger partial charge < -0.3 is 5.11 Å². The van der Waals surface area contributed by atoms with Gasteiger partial charge >= 0.3 is 12.3 Å². The summed E-state index contributed by atoms with van der Waals surface area (Å²) in [5, 5.41) is 8.72. The first-order valence-corrected chi connectivity index (χ1v) is 5.95.